The normalized spacial score (nSPS) is 15.0. The zero-order valence-corrected chi connectivity index (χ0v) is 15.1. The van der Waals surface area contributed by atoms with Gasteiger partial charge in [0.05, 0.1) is 4.88 Å². The fourth-order valence-corrected chi connectivity index (χ4v) is 4.03. The molecule has 1 heterocycles. The maximum Gasteiger partial charge on any atom is 0.303 e. The summed E-state index contributed by atoms with van der Waals surface area (Å²) in [4.78, 5) is 23.1. The van der Waals surface area contributed by atoms with Crippen LogP contribution in [0.5, 0.6) is 5.88 Å². The molecule has 26 heavy (non-hydrogen) atoms. The molecule has 1 aromatic heterocycles. The Balaban J connectivity index is 2.00. The highest BCUT2D eigenvalue weighted by atomic mass is 32.1. The molecule has 0 atom stereocenters. The molecule has 0 radical (unpaired) electrons. The lowest BCUT2D eigenvalue weighted by atomic mass is 9.90. The van der Waals surface area contributed by atoms with Crippen molar-refractivity contribution in [3.63, 3.8) is 0 Å². The molecule has 0 unspecified atom stereocenters. The second-order valence-corrected chi connectivity index (χ2v) is 7.38. The highest BCUT2D eigenvalue weighted by molar-refractivity contribution is 7.73. The second-order valence-electron chi connectivity index (χ2n) is 5.70. The van der Waals surface area contributed by atoms with Gasteiger partial charge in [0.2, 0.25) is 5.88 Å². The summed E-state index contributed by atoms with van der Waals surface area (Å²) >= 11 is 6.40. The molecule has 134 valence electrons. The summed E-state index contributed by atoms with van der Waals surface area (Å²) in [6.45, 7) is 0.285. The van der Waals surface area contributed by atoms with E-state index in [9.17, 15) is 19.8 Å². The van der Waals surface area contributed by atoms with E-state index in [2.05, 4.69) is 0 Å². The number of aliphatic hydroxyl groups excluding tert-OH is 1. The lowest BCUT2D eigenvalue weighted by Crippen LogP contribution is -2.08. The van der Waals surface area contributed by atoms with Gasteiger partial charge in [0.25, 0.3) is 0 Å². The number of nitrogens with zero attached hydrogens (tertiary/aromatic N) is 1. The van der Waals surface area contributed by atoms with E-state index in [1.807, 2.05) is 0 Å². The summed E-state index contributed by atoms with van der Waals surface area (Å²) in [6.07, 6.45) is 3.05. The molecule has 8 heteroatoms. The Morgan fingerprint density at radius 2 is 1.92 bits per heavy atom. The minimum atomic E-state index is -0.910. The number of allylic oxidation sites excluding steroid dienone is 2. The monoisotopic (exact) mass is 389 g/mol. The summed E-state index contributed by atoms with van der Waals surface area (Å²) in [5.74, 6) is -1.45. The molecule has 3 rings (SSSR count). The SMILES string of the molecule is O=C(O)CCCn1c(O)c(/C=C2\C(O)=CC(=O)c3ccccc32)sc1=S. The topological polar surface area (TPSA) is 99.8 Å². The molecule has 1 aliphatic carbocycles. The molecule has 0 bridgehead atoms. The summed E-state index contributed by atoms with van der Waals surface area (Å²) in [5.41, 5.74) is 1.47. The van der Waals surface area contributed by atoms with Gasteiger partial charge >= 0.3 is 5.97 Å². The number of ketones is 1. The van der Waals surface area contributed by atoms with E-state index in [4.69, 9.17) is 17.3 Å². The molecule has 6 nitrogen and oxygen atoms in total. The lowest BCUT2D eigenvalue weighted by Gasteiger charge is -2.15. The van der Waals surface area contributed by atoms with E-state index < -0.39 is 5.97 Å². The number of aliphatic hydroxyl groups is 1. The zero-order valence-electron chi connectivity index (χ0n) is 13.5. The van der Waals surface area contributed by atoms with Gasteiger partial charge in [0, 0.05) is 30.2 Å². The maximum absolute atomic E-state index is 12.0. The van der Waals surface area contributed by atoms with E-state index in [1.54, 1.807) is 30.3 Å². The highest BCUT2D eigenvalue weighted by Gasteiger charge is 2.23. The molecule has 0 saturated heterocycles. The number of aromatic nitrogens is 1. The Bertz CT molecular complexity index is 1010. The first-order chi connectivity index (χ1) is 12.4. The van der Waals surface area contributed by atoms with Crippen LogP contribution in [-0.4, -0.2) is 31.6 Å². The van der Waals surface area contributed by atoms with E-state index in [1.165, 1.54) is 4.57 Å². The molecule has 0 amide bonds. The standard InChI is InChI=1S/C18H15NO5S2/c20-13-9-14(21)12(10-4-1-2-5-11(10)13)8-15-17(24)19(18(25)26-15)7-3-6-16(22)23/h1-2,4-5,8-9,21,24H,3,6-7H2,(H,22,23)/b12-8-. The third-order valence-electron chi connectivity index (χ3n) is 3.97. The zero-order chi connectivity index (χ0) is 18.8. The van der Waals surface area contributed by atoms with Gasteiger partial charge in [-0.3, -0.25) is 14.2 Å². The van der Waals surface area contributed by atoms with Crippen LogP contribution in [0.4, 0.5) is 0 Å². The molecule has 0 spiro atoms. The Morgan fingerprint density at radius 3 is 2.62 bits per heavy atom. The summed E-state index contributed by atoms with van der Waals surface area (Å²) < 4.78 is 1.87. The number of aliphatic carboxylic acids is 1. The van der Waals surface area contributed by atoms with Gasteiger partial charge in [-0.2, -0.15) is 0 Å². The molecule has 0 fully saturated rings. The van der Waals surface area contributed by atoms with Crippen molar-refractivity contribution >= 4 is 47.0 Å². The van der Waals surface area contributed by atoms with Gasteiger partial charge < -0.3 is 15.3 Å². The number of carboxylic acids is 1. The number of carboxylic acid groups (broad SMARTS) is 1. The summed E-state index contributed by atoms with van der Waals surface area (Å²) in [5, 5.41) is 29.4. The smallest absolute Gasteiger partial charge is 0.303 e. The van der Waals surface area contributed by atoms with Crippen molar-refractivity contribution in [3.8, 4) is 5.88 Å². The predicted octanol–water partition coefficient (Wildman–Crippen LogP) is 4.03. The van der Waals surface area contributed by atoms with Crippen LogP contribution in [0.1, 0.15) is 33.6 Å². The maximum atomic E-state index is 12.0. The Hall–Kier alpha value is -2.71. The molecule has 2 aromatic rings. The number of carbonyl (C=O) groups is 2. The molecule has 3 N–H and O–H groups in total. The van der Waals surface area contributed by atoms with Crippen LogP contribution in [0.3, 0.4) is 0 Å². The number of fused-ring (bicyclic) bond motifs is 1. The van der Waals surface area contributed by atoms with E-state index in [0.717, 1.165) is 17.4 Å². The van der Waals surface area contributed by atoms with Crippen LogP contribution in [-0.2, 0) is 11.3 Å². The quantitative estimate of drug-likeness (QED) is 0.668. The van der Waals surface area contributed by atoms with E-state index >= 15 is 0 Å². The largest absolute Gasteiger partial charge is 0.507 e. The van der Waals surface area contributed by atoms with Crippen molar-refractivity contribution in [1.29, 1.82) is 0 Å². The molecule has 0 aliphatic heterocycles. The van der Waals surface area contributed by atoms with Crippen molar-refractivity contribution in [2.75, 3.05) is 0 Å². The Morgan fingerprint density at radius 1 is 1.23 bits per heavy atom. The number of rotatable bonds is 5. The number of aromatic hydroxyl groups is 1. The molecule has 1 aromatic carbocycles. The van der Waals surface area contributed by atoms with Crippen LogP contribution in [0.2, 0.25) is 0 Å². The third kappa shape index (κ3) is 3.47. The fourth-order valence-electron chi connectivity index (χ4n) is 2.73. The van der Waals surface area contributed by atoms with Crippen molar-refractivity contribution < 1.29 is 24.9 Å². The van der Waals surface area contributed by atoms with Crippen LogP contribution < -0.4 is 0 Å². The van der Waals surface area contributed by atoms with Gasteiger partial charge in [-0.25, -0.2) is 0 Å². The van der Waals surface area contributed by atoms with E-state index in [0.29, 0.717) is 32.0 Å². The second kappa shape index (κ2) is 7.27. The number of thiazole rings is 1. The molecule has 1 aliphatic rings. The van der Waals surface area contributed by atoms with Crippen molar-refractivity contribution in [3.05, 3.63) is 56.1 Å². The van der Waals surface area contributed by atoms with Gasteiger partial charge in [0.1, 0.15) is 5.76 Å². The van der Waals surface area contributed by atoms with Crippen LogP contribution in [0, 0.1) is 3.95 Å². The average molecular weight is 389 g/mol. The number of hydrogen-bond donors (Lipinski definition) is 3. The predicted molar refractivity (Wildman–Crippen MR) is 101 cm³/mol. The molecular weight excluding hydrogens is 374 g/mol. The fraction of sp³-hybridized carbons (Fsp3) is 0.167. The minimum Gasteiger partial charge on any atom is -0.507 e. The first-order valence-corrected chi connectivity index (χ1v) is 9.02. The van der Waals surface area contributed by atoms with Crippen LogP contribution >= 0.6 is 23.6 Å². The number of carbonyl (C=O) groups excluding carboxylic acids is 1. The lowest BCUT2D eigenvalue weighted by molar-refractivity contribution is -0.137. The first kappa shape index (κ1) is 18.1. The van der Waals surface area contributed by atoms with Gasteiger partial charge in [-0.1, -0.05) is 24.3 Å². The third-order valence-corrected chi connectivity index (χ3v) is 5.35. The summed E-state index contributed by atoms with van der Waals surface area (Å²) in [6, 6.07) is 6.90. The van der Waals surface area contributed by atoms with E-state index in [-0.39, 0.29) is 30.4 Å². The Kier molecular flexibility index (Phi) is 5.06. The van der Waals surface area contributed by atoms with Crippen molar-refractivity contribution in [2.45, 2.75) is 19.4 Å². The summed E-state index contributed by atoms with van der Waals surface area (Å²) in [7, 11) is 0. The first-order valence-electron chi connectivity index (χ1n) is 7.79. The highest BCUT2D eigenvalue weighted by Crippen LogP contribution is 2.36. The minimum absolute atomic E-state index is 0.0213. The van der Waals surface area contributed by atoms with Crippen LogP contribution in [0.25, 0.3) is 11.6 Å². The average Bonchev–Trinajstić information content (AvgIpc) is 2.85. The van der Waals surface area contributed by atoms with Crippen molar-refractivity contribution in [1.82, 2.24) is 4.57 Å². The van der Waals surface area contributed by atoms with Crippen LogP contribution in [0.15, 0.2) is 36.1 Å². The molecular formula is C18H15NO5S2. The molecule has 0 saturated carbocycles. The van der Waals surface area contributed by atoms with Crippen molar-refractivity contribution in [2.24, 2.45) is 0 Å². The van der Waals surface area contributed by atoms with Gasteiger partial charge in [0.15, 0.2) is 9.74 Å². The van der Waals surface area contributed by atoms with Gasteiger partial charge in [-0.15, -0.1) is 11.3 Å². The Labute approximate surface area is 158 Å². The number of hydrogen-bond acceptors (Lipinski definition) is 6. The van der Waals surface area contributed by atoms with Gasteiger partial charge in [-0.05, 0) is 30.3 Å². The number of benzene rings is 1.